The molecule has 0 radical (unpaired) electrons. The molecule has 0 saturated carbocycles. The number of phenols is 1. The molecule has 9 heteroatoms. The summed E-state index contributed by atoms with van der Waals surface area (Å²) in [4.78, 5) is 22.5. The molecule has 0 spiro atoms. The number of benzene rings is 2. The highest BCUT2D eigenvalue weighted by molar-refractivity contribution is 6.32. The summed E-state index contributed by atoms with van der Waals surface area (Å²) in [5.74, 6) is -0.872. The van der Waals surface area contributed by atoms with Crippen molar-refractivity contribution in [3.05, 3.63) is 62.7 Å². The van der Waals surface area contributed by atoms with E-state index in [4.69, 9.17) is 16.3 Å². The fourth-order valence-electron chi connectivity index (χ4n) is 2.15. The monoisotopic (exact) mass is 387 g/mol. The van der Waals surface area contributed by atoms with Crippen molar-refractivity contribution in [2.75, 3.05) is 11.9 Å². The van der Waals surface area contributed by atoms with E-state index in [0.717, 1.165) is 0 Å². The molecule has 8 nitrogen and oxygen atoms in total. The lowest BCUT2D eigenvalue weighted by Crippen LogP contribution is -2.13. The Morgan fingerprint density at radius 2 is 2.19 bits per heavy atom. The van der Waals surface area contributed by atoms with Crippen molar-refractivity contribution in [1.82, 2.24) is 0 Å². The third-order valence-corrected chi connectivity index (χ3v) is 3.63. The highest BCUT2D eigenvalue weighted by Crippen LogP contribution is 2.35. The van der Waals surface area contributed by atoms with E-state index >= 15 is 0 Å². The van der Waals surface area contributed by atoms with Crippen molar-refractivity contribution in [1.29, 1.82) is 5.26 Å². The van der Waals surface area contributed by atoms with Crippen molar-refractivity contribution < 1.29 is 19.6 Å². The Bertz CT molecular complexity index is 966. The van der Waals surface area contributed by atoms with Gasteiger partial charge in [-0.3, -0.25) is 14.9 Å². The molecular weight excluding hydrogens is 374 g/mol. The highest BCUT2D eigenvalue weighted by Gasteiger charge is 2.14. The number of nitro benzene ring substituents is 1. The second-order valence-corrected chi connectivity index (χ2v) is 5.62. The largest absolute Gasteiger partial charge is 0.503 e. The third kappa shape index (κ3) is 4.96. The molecule has 0 aliphatic heterocycles. The molecule has 0 aromatic heterocycles. The summed E-state index contributed by atoms with van der Waals surface area (Å²) >= 11 is 5.93. The van der Waals surface area contributed by atoms with Gasteiger partial charge in [0.05, 0.1) is 16.6 Å². The maximum absolute atomic E-state index is 12.3. The molecule has 0 bridgehead atoms. The van der Waals surface area contributed by atoms with Gasteiger partial charge in [0.1, 0.15) is 11.6 Å². The Morgan fingerprint density at radius 1 is 1.44 bits per heavy atom. The molecule has 1 amide bonds. The molecule has 0 heterocycles. The van der Waals surface area contributed by atoms with Crippen molar-refractivity contribution in [2.45, 2.75) is 6.92 Å². The Morgan fingerprint density at radius 3 is 2.81 bits per heavy atom. The lowest BCUT2D eigenvalue weighted by Gasteiger charge is -2.09. The van der Waals surface area contributed by atoms with Crippen LogP contribution in [0.15, 0.2) is 42.0 Å². The molecule has 138 valence electrons. The van der Waals surface area contributed by atoms with Crippen LogP contribution in [-0.2, 0) is 4.79 Å². The summed E-state index contributed by atoms with van der Waals surface area (Å²) in [6.45, 7) is 2.01. The molecule has 0 unspecified atom stereocenters. The predicted octanol–water partition coefficient (Wildman–Crippen LogP) is 3.90. The minimum Gasteiger partial charge on any atom is -0.503 e. The molecule has 0 fully saturated rings. The fraction of sp³-hybridized carbons (Fsp3) is 0.111. The standard InChI is InChI=1S/C18H14ClN3O5/c1-2-27-16-8-11(7-15(19)17(16)23)6-12(10-20)18(24)21-13-4-3-5-14(9-13)22(25)26/h3-9,23H,2H2,1H3,(H,21,24)/b12-6+. The fourth-order valence-corrected chi connectivity index (χ4v) is 2.37. The number of halogens is 1. The van der Waals surface area contributed by atoms with Crippen LogP contribution in [0.3, 0.4) is 0 Å². The number of phenolic OH excluding ortho intramolecular Hbond substituents is 1. The van der Waals surface area contributed by atoms with Crippen molar-refractivity contribution in [3.8, 4) is 17.6 Å². The normalized spacial score (nSPS) is 10.8. The van der Waals surface area contributed by atoms with E-state index in [1.54, 1.807) is 13.0 Å². The molecule has 0 aliphatic rings. The molecule has 2 rings (SSSR count). The smallest absolute Gasteiger partial charge is 0.271 e. The number of rotatable bonds is 6. The number of nitriles is 1. The van der Waals surface area contributed by atoms with Crippen LogP contribution in [0.4, 0.5) is 11.4 Å². The maximum atomic E-state index is 12.3. The van der Waals surface area contributed by atoms with Crippen molar-refractivity contribution >= 4 is 35.0 Å². The van der Waals surface area contributed by atoms with Gasteiger partial charge in [-0.25, -0.2) is 0 Å². The Labute approximate surface area is 159 Å². The van der Waals surface area contributed by atoms with E-state index in [2.05, 4.69) is 5.32 Å². The van der Waals surface area contributed by atoms with E-state index in [1.807, 2.05) is 0 Å². The van der Waals surface area contributed by atoms with Crippen molar-refractivity contribution in [2.24, 2.45) is 0 Å². The average molecular weight is 388 g/mol. The summed E-state index contributed by atoms with van der Waals surface area (Å²) in [6, 6.07) is 9.91. The van der Waals surface area contributed by atoms with E-state index in [1.165, 1.54) is 42.5 Å². The summed E-state index contributed by atoms with van der Waals surface area (Å²) in [6.07, 6.45) is 1.26. The van der Waals surface area contributed by atoms with Gasteiger partial charge in [-0.05, 0) is 36.8 Å². The highest BCUT2D eigenvalue weighted by atomic mass is 35.5. The number of anilines is 1. The predicted molar refractivity (Wildman–Crippen MR) is 99.6 cm³/mol. The van der Waals surface area contributed by atoms with Gasteiger partial charge in [0.15, 0.2) is 11.5 Å². The summed E-state index contributed by atoms with van der Waals surface area (Å²) < 4.78 is 5.25. The van der Waals surface area contributed by atoms with Crippen LogP contribution in [0.2, 0.25) is 5.02 Å². The van der Waals surface area contributed by atoms with Gasteiger partial charge < -0.3 is 15.2 Å². The summed E-state index contributed by atoms with van der Waals surface area (Å²) in [5.41, 5.74) is 0.0914. The Hall–Kier alpha value is -3.57. The van der Waals surface area contributed by atoms with Crippen LogP contribution in [0, 0.1) is 21.4 Å². The van der Waals surface area contributed by atoms with Crippen LogP contribution in [0.25, 0.3) is 6.08 Å². The van der Waals surface area contributed by atoms with Crippen molar-refractivity contribution in [3.63, 3.8) is 0 Å². The van der Waals surface area contributed by atoms with Gasteiger partial charge in [0, 0.05) is 17.8 Å². The van der Waals surface area contributed by atoms with E-state index in [-0.39, 0.29) is 40.1 Å². The van der Waals surface area contributed by atoms with E-state index in [9.17, 15) is 25.3 Å². The molecule has 2 aromatic rings. The molecule has 2 aromatic carbocycles. The zero-order valence-electron chi connectivity index (χ0n) is 14.1. The topological polar surface area (TPSA) is 125 Å². The number of nitrogens with one attached hydrogen (secondary N) is 1. The summed E-state index contributed by atoms with van der Waals surface area (Å²) in [5, 5.41) is 32.3. The molecule has 27 heavy (non-hydrogen) atoms. The van der Waals surface area contributed by atoms with Crippen LogP contribution < -0.4 is 10.1 Å². The van der Waals surface area contributed by atoms with Gasteiger partial charge >= 0.3 is 0 Å². The number of carbonyl (C=O) groups is 1. The molecule has 0 aliphatic carbocycles. The zero-order valence-corrected chi connectivity index (χ0v) is 14.9. The van der Waals surface area contributed by atoms with Crippen LogP contribution >= 0.6 is 11.6 Å². The number of amides is 1. The minimum absolute atomic E-state index is 0.00332. The second kappa shape index (κ2) is 8.69. The number of ether oxygens (including phenoxy) is 1. The van der Waals surface area contributed by atoms with Crippen LogP contribution in [0.5, 0.6) is 11.5 Å². The van der Waals surface area contributed by atoms with Gasteiger partial charge in [0.25, 0.3) is 11.6 Å². The maximum Gasteiger partial charge on any atom is 0.271 e. The van der Waals surface area contributed by atoms with Gasteiger partial charge in [0.2, 0.25) is 0 Å². The number of nitro groups is 1. The third-order valence-electron chi connectivity index (χ3n) is 3.34. The number of non-ortho nitro benzene ring substituents is 1. The first-order valence-corrected chi connectivity index (χ1v) is 8.06. The first kappa shape index (κ1) is 19.8. The van der Waals surface area contributed by atoms with Gasteiger partial charge in [-0.15, -0.1) is 0 Å². The second-order valence-electron chi connectivity index (χ2n) is 5.21. The molecule has 2 N–H and O–H groups in total. The Balaban J connectivity index is 2.31. The number of aromatic hydroxyl groups is 1. The number of hydrogen-bond donors (Lipinski definition) is 2. The lowest BCUT2D eigenvalue weighted by molar-refractivity contribution is -0.384. The van der Waals surface area contributed by atoms with E-state index in [0.29, 0.717) is 5.56 Å². The van der Waals surface area contributed by atoms with Gasteiger partial charge in [-0.1, -0.05) is 17.7 Å². The van der Waals surface area contributed by atoms with Crippen LogP contribution in [-0.4, -0.2) is 22.5 Å². The summed E-state index contributed by atoms with van der Waals surface area (Å²) in [7, 11) is 0. The number of hydrogen-bond acceptors (Lipinski definition) is 6. The van der Waals surface area contributed by atoms with E-state index < -0.39 is 10.8 Å². The molecule has 0 atom stereocenters. The average Bonchev–Trinajstić information content (AvgIpc) is 2.63. The number of nitrogens with zero attached hydrogens (tertiary/aromatic N) is 2. The molecular formula is C18H14ClN3O5. The Kier molecular flexibility index (Phi) is 6.36. The van der Waals surface area contributed by atoms with Crippen LogP contribution in [0.1, 0.15) is 12.5 Å². The van der Waals surface area contributed by atoms with Gasteiger partial charge in [-0.2, -0.15) is 5.26 Å². The minimum atomic E-state index is -0.750. The molecule has 0 saturated heterocycles. The quantitative estimate of drug-likeness (QED) is 0.335. The first-order valence-electron chi connectivity index (χ1n) is 7.68. The lowest BCUT2D eigenvalue weighted by atomic mass is 10.1. The SMILES string of the molecule is CCOc1cc(/C=C(\C#N)C(=O)Nc2cccc([N+](=O)[O-])c2)cc(Cl)c1O. The zero-order chi connectivity index (χ0) is 20.0. The first-order chi connectivity index (χ1) is 12.8. The number of carbonyl (C=O) groups excluding carboxylic acids is 1.